The number of hydrogen-bond acceptors (Lipinski definition) is 3. The lowest BCUT2D eigenvalue weighted by molar-refractivity contribution is -0.120. The Hall–Kier alpha value is -4.13. The number of furan rings is 1. The van der Waals surface area contributed by atoms with Crippen LogP contribution in [0.1, 0.15) is 41.7 Å². The fourth-order valence-corrected chi connectivity index (χ4v) is 4.48. The first-order valence-electron chi connectivity index (χ1n) is 11.1. The zero-order chi connectivity index (χ0) is 23.8. The standard InChI is InChI=1S/C27H24FN3O3/c1-18(2)30(27(33)19-9-3-4-10-20(19)28)17-25(32)31-22-12-6-5-11-21(22)29-15-7-13-23(29)26(31)24-14-8-16-34-24/h3-16,18,26H,17H2,1-2H3. The first kappa shape index (κ1) is 21.7. The molecule has 0 spiro atoms. The number of para-hydroxylation sites is 2. The van der Waals surface area contributed by atoms with E-state index in [1.165, 1.54) is 23.1 Å². The number of carbonyl (C=O) groups excluding carboxylic acids is 2. The van der Waals surface area contributed by atoms with Gasteiger partial charge in [-0.05, 0) is 62.4 Å². The molecule has 34 heavy (non-hydrogen) atoms. The third-order valence-corrected chi connectivity index (χ3v) is 6.09. The molecule has 2 aromatic heterocycles. The number of benzene rings is 2. The summed E-state index contributed by atoms with van der Waals surface area (Å²) in [6, 6.07) is 20.1. The summed E-state index contributed by atoms with van der Waals surface area (Å²) in [5, 5.41) is 0. The molecule has 5 rings (SSSR count). The van der Waals surface area contributed by atoms with Gasteiger partial charge in [0.2, 0.25) is 5.91 Å². The topological polar surface area (TPSA) is 58.7 Å². The van der Waals surface area contributed by atoms with Crippen molar-refractivity contribution < 1.29 is 18.4 Å². The van der Waals surface area contributed by atoms with E-state index in [0.29, 0.717) is 11.4 Å². The van der Waals surface area contributed by atoms with Crippen LogP contribution >= 0.6 is 0 Å². The summed E-state index contributed by atoms with van der Waals surface area (Å²) in [6.45, 7) is 3.41. The van der Waals surface area contributed by atoms with Crippen molar-refractivity contribution >= 4 is 17.5 Å². The third-order valence-electron chi connectivity index (χ3n) is 6.09. The van der Waals surface area contributed by atoms with E-state index in [1.54, 1.807) is 23.3 Å². The monoisotopic (exact) mass is 457 g/mol. The molecule has 0 aliphatic carbocycles. The summed E-state index contributed by atoms with van der Waals surface area (Å²) in [7, 11) is 0. The van der Waals surface area contributed by atoms with E-state index in [4.69, 9.17) is 4.42 Å². The van der Waals surface area contributed by atoms with Crippen molar-refractivity contribution in [2.75, 3.05) is 11.4 Å². The zero-order valence-electron chi connectivity index (χ0n) is 18.9. The van der Waals surface area contributed by atoms with Gasteiger partial charge < -0.3 is 13.9 Å². The Kier molecular flexibility index (Phi) is 5.53. The maximum absolute atomic E-state index is 14.4. The van der Waals surface area contributed by atoms with Gasteiger partial charge in [0.1, 0.15) is 24.2 Å². The van der Waals surface area contributed by atoms with Crippen molar-refractivity contribution in [1.82, 2.24) is 9.47 Å². The van der Waals surface area contributed by atoms with Crippen molar-refractivity contribution in [3.05, 3.63) is 108 Å². The molecule has 3 heterocycles. The largest absolute Gasteiger partial charge is 0.467 e. The highest BCUT2D eigenvalue weighted by molar-refractivity contribution is 6.02. The van der Waals surface area contributed by atoms with Crippen LogP contribution in [0.25, 0.3) is 5.69 Å². The maximum Gasteiger partial charge on any atom is 0.257 e. The van der Waals surface area contributed by atoms with E-state index >= 15 is 0 Å². The van der Waals surface area contributed by atoms with Gasteiger partial charge in [0, 0.05) is 12.2 Å². The summed E-state index contributed by atoms with van der Waals surface area (Å²) in [5.74, 6) is -0.816. The van der Waals surface area contributed by atoms with Gasteiger partial charge in [-0.2, -0.15) is 0 Å². The fourth-order valence-electron chi connectivity index (χ4n) is 4.48. The van der Waals surface area contributed by atoms with Gasteiger partial charge in [-0.3, -0.25) is 14.5 Å². The van der Waals surface area contributed by atoms with Crippen molar-refractivity contribution in [3.63, 3.8) is 0 Å². The van der Waals surface area contributed by atoms with Crippen LogP contribution in [-0.2, 0) is 4.79 Å². The lowest BCUT2D eigenvalue weighted by Crippen LogP contribution is -2.48. The third kappa shape index (κ3) is 3.59. The van der Waals surface area contributed by atoms with E-state index in [0.717, 1.165) is 11.4 Å². The molecule has 6 nitrogen and oxygen atoms in total. The van der Waals surface area contributed by atoms with Crippen LogP contribution in [0.5, 0.6) is 0 Å². The van der Waals surface area contributed by atoms with E-state index in [9.17, 15) is 14.0 Å². The predicted octanol–water partition coefficient (Wildman–Crippen LogP) is 5.20. The Balaban J connectivity index is 1.56. The van der Waals surface area contributed by atoms with Crippen molar-refractivity contribution in [3.8, 4) is 5.69 Å². The van der Waals surface area contributed by atoms with Gasteiger partial charge in [0.05, 0.1) is 28.9 Å². The van der Waals surface area contributed by atoms with E-state index in [1.807, 2.05) is 67.1 Å². The zero-order valence-corrected chi connectivity index (χ0v) is 18.9. The Labute approximate surface area is 196 Å². The number of carbonyl (C=O) groups is 2. The van der Waals surface area contributed by atoms with Gasteiger partial charge in [-0.25, -0.2) is 4.39 Å². The van der Waals surface area contributed by atoms with E-state index in [-0.39, 0.29) is 24.1 Å². The quantitative estimate of drug-likeness (QED) is 0.414. The molecular formula is C27H24FN3O3. The molecule has 0 N–H and O–H groups in total. The molecule has 0 fully saturated rings. The number of aromatic nitrogens is 1. The van der Waals surface area contributed by atoms with Crippen LogP contribution in [0.3, 0.4) is 0 Å². The SMILES string of the molecule is CC(C)N(CC(=O)N1c2ccccc2-n2cccc2C1c1ccco1)C(=O)c1ccccc1F. The Bertz CT molecular complexity index is 1340. The lowest BCUT2D eigenvalue weighted by atomic mass is 10.0. The maximum atomic E-state index is 14.4. The molecule has 0 saturated heterocycles. The normalized spacial score (nSPS) is 14.6. The average Bonchev–Trinajstić information content (AvgIpc) is 3.54. The van der Waals surface area contributed by atoms with E-state index in [2.05, 4.69) is 0 Å². The molecular weight excluding hydrogens is 433 g/mol. The molecule has 1 aliphatic heterocycles. The number of rotatable bonds is 5. The summed E-state index contributed by atoms with van der Waals surface area (Å²) in [6.07, 6.45) is 3.53. The molecule has 2 amide bonds. The second kappa shape index (κ2) is 8.67. The minimum absolute atomic E-state index is 0.0560. The molecule has 1 atom stereocenters. The number of fused-ring (bicyclic) bond motifs is 3. The van der Waals surface area contributed by atoms with Crippen LogP contribution in [0.15, 0.2) is 89.7 Å². The van der Waals surface area contributed by atoms with E-state index < -0.39 is 17.8 Å². The predicted molar refractivity (Wildman–Crippen MR) is 126 cm³/mol. The first-order valence-corrected chi connectivity index (χ1v) is 11.1. The molecule has 0 radical (unpaired) electrons. The highest BCUT2D eigenvalue weighted by Crippen LogP contribution is 2.42. The summed E-state index contributed by atoms with van der Waals surface area (Å²) in [4.78, 5) is 30.2. The number of hydrogen-bond donors (Lipinski definition) is 0. The van der Waals surface area contributed by atoms with Gasteiger partial charge >= 0.3 is 0 Å². The molecule has 4 aromatic rings. The first-order chi connectivity index (χ1) is 16.5. The second-order valence-corrected chi connectivity index (χ2v) is 8.48. The van der Waals surface area contributed by atoms with Crippen molar-refractivity contribution in [2.45, 2.75) is 25.9 Å². The molecule has 1 unspecified atom stereocenters. The minimum atomic E-state index is -0.611. The number of halogens is 1. The average molecular weight is 458 g/mol. The van der Waals surface area contributed by atoms with Gasteiger partial charge in [0.25, 0.3) is 5.91 Å². The Morgan fingerprint density at radius 1 is 0.971 bits per heavy atom. The van der Waals surface area contributed by atoms with Gasteiger partial charge in [0.15, 0.2) is 0 Å². The van der Waals surface area contributed by atoms with Crippen LogP contribution < -0.4 is 4.90 Å². The number of anilines is 1. The van der Waals surface area contributed by atoms with Crippen LogP contribution in [0, 0.1) is 5.82 Å². The highest BCUT2D eigenvalue weighted by atomic mass is 19.1. The Morgan fingerprint density at radius 3 is 2.41 bits per heavy atom. The molecule has 7 heteroatoms. The smallest absolute Gasteiger partial charge is 0.257 e. The molecule has 1 aliphatic rings. The van der Waals surface area contributed by atoms with Crippen LogP contribution in [-0.4, -0.2) is 33.9 Å². The van der Waals surface area contributed by atoms with Gasteiger partial charge in [-0.1, -0.05) is 24.3 Å². The number of amides is 2. The van der Waals surface area contributed by atoms with Crippen LogP contribution in [0.4, 0.5) is 10.1 Å². The minimum Gasteiger partial charge on any atom is -0.467 e. The van der Waals surface area contributed by atoms with Gasteiger partial charge in [-0.15, -0.1) is 0 Å². The highest BCUT2D eigenvalue weighted by Gasteiger charge is 2.38. The summed E-state index contributed by atoms with van der Waals surface area (Å²) in [5.41, 5.74) is 2.38. The summed E-state index contributed by atoms with van der Waals surface area (Å²) >= 11 is 0. The van der Waals surface area contributed by atoms with Crippen molar-refractivity contribution in [2.24, 2.45) is 0 Å². The fraction of sp³-hybridized carbons (Fsp3) is 0.185. The lowest BCUT2D eigenvalue weighted by Gasteiger charge is -2.38. The molecule has 2 aromatic carbocycles. The number of nitrogens with zero attached hydrogens (tertiary/aromatic N) is 3. The Morgan fingerprint density at radius 2 is 1.71 bits per heavy atom. The van der Waals surface area contributed by atoms with Crippen molar-refractivity contribution in [1.29, 1.82) is 0 Å². The molecule has 0 bridgehead atoms. The molecule has 0 saturated carbocycles. The molecule has 172 valence electrons. The van der Waals surface area contributed by atoms with Crippen LogP contribution in [0.2, 0.25) is 0 Å². The second-order valence-electron chi connectivity index (χ2n) is 8.48. The summed E-state index contributed by atoms with van der Waals surface area (Å²) < 4.78 is 22.2.